The van der Waals surface area contributed by atoms with Gasteiger partial charge in [0.2, 0.25) is 0 Å². The predicted molar refractivity (Wildman–Crippen MR) is 86.9 cm³/mol. The first-order valence-corrected chi connectivity index (χ1v) is 8.08. The fraction of sp³-hybridized carbons (Fsp3) is 0.412. The average Bonchev–Trinajstić information content (AvgIpc) is 3.13. The topological polar surface area (TPSA) is 59.4 Å². The number of nitrogens with one attached hydrogen (secondary N) is 1. The first kappa shape index (κ1) is 16.4. The van der Waals surface area contributed by atoms with Gasteiger partial charge in [0, 0.05) is 32.0 Å². The van der Waals surface area contributed by atoms with Crippen molar-refractivity contribution in [3.8, 4) is 0 Å². The van der Waals surface area contributed by atoms with Gasteiger partial charge in [-0.1, -0.05) is 12.1 Å². The molecule has 1 saturated heterocycles. The molecular formula is C17H21FN4O2. The zero-order valence-electron chi connectivity index (χ0n) is 13.4. The molecule has 1 aliphatic heterocycles. The van der Waals surface area contributed by atoms with Crippen LogP contribution in [0.1, 0.15) is 18.1 Å². The highest BCUT2D eigenvalue weighted by molar-refractivity contribution is 5.74. The molecule has 2 amide bonds. The Balaban J connectivity index is 1.45. The Morgan fingerprint density at radius 3 is 2.96 bits per heavy atom. The van der Waals surface area contributed by atoms with Crippen molar-refractivity contribution in [2.45, 2.75) is 19.1 Å². The SMILES string of the molecule is O=C(NCCCn1ccnc1)N1CCO[C@H](c2ccc(F)cc2)C1. The van der Waals surface area contributed by atoms with E-state index in [0.717, 1.165) is 18.5 Å². The van der Waals surface area contributed by atoms with Crippen LogP contribution in [-0.4, -0.2) is 46.7 Å². The number of morpholine rings is 1. The van der Waals surface area contributed by atoms with Gasteiger partial charge in [0.25, 0.3) is 0 Å². The van der Waals surface area contributed by atoms with Crippen LogP contribution in [-0.2, 0) is 11.3 Å². The summed E-state index contributed by atoms with van der Waals surface area (Å²) in [6.45, 7) is 2.94. The Bertz CT molecular complexity index is 645. The van der Waals surface area contributed by atoms with Crippen molar-refractivity contribution in [1.82, 2.24) is 19.8 Å². The number of carbonyl (C=O) groups excluding carboxylic acids is 1. The van der Waals surface area contributed by atoms with Gasteiger partial charge in [-0.2, -0.15) is 0 Å². The third-order valence-corrected chi connectivity index (χ3v) is 4.02. The fourth-order valence-electron chi connectivity index (χ4n) is 2.70. The highest BCUT2D eigenvalue weighted by Crippen LogP contribution is 2.22. The van der Waals surface area contributed by atoms with E-state index in [4.69, 9.17) is 4.74 Å². The molecule has 0 aliphatic carbocycles. The van der Waals surface area contributed by atoms with E-state index < -0.39 is 0 Å². The molecule has 0 radical (unpaired) electrons. The van der Waals surface area contributed by atoms with Gasteiger partial charge in [0.05, 0.1) is 19.5 Å². The van der Waals surface area contributed by atoms with Gasteiger partial charge in [-0.05, 0) is 24.1 Å². The van der Waals surface area contributed by atoms with E-state index in [-0.39, 0.29) is 18.0 Å². The van der Waals surface area contributed by atoms with Crippen molar-refractivity contribution in [3.63, 3.8) is 0 Å². The summed E-state index contributed by atoms with van der Waals surface area (Å²) in [7, 11) is 0. The summed E-state index contributed by atoms with van der Waals surface area (Å²) < 4.78 is 20.7. The second kappa shape index (κ2) is 7.92. The number of hydrogen-bond acceptors (Lipinski definition) is 3. The zero-order chi connectivity index (χ0) is 16.8. The minimum absolute atomic E-state index is 0.0870. The third-order valence-electron chi connectivity index (χ3n) is 4.02. The molecule has 3 rings (SSSR count). The quantitative estimate of drug-likeness (QED) is 0.854. The minimum Gasteiger partial charge on any atom is -0.370 e. The molecule has 128 valence electrons. The number of carbonyl (C=O) groups is 1. The van der Waals surface area contributed by atoms with E-state index in [0.29, 0.717) is 26.2 Å². The number of nitrogens with zero attached hydrogens (tertiary/aromatic N) is 3. The van der Waals surface area contributed by atoms with Crippen LogP contribution in [0.4, 0.5) is 9.18 Å². The van der Waals surface area contributed by atoms with Crippen molar-refractivity contribution in [3.05, 3.63) is 54.4 Å². The molecule has 1 aromatic carbocycles. The summed E-state index contributed by atoms with van der Waals surface area (Å²) in [4.78, 5) is 18.0. The Labute approximate surface area is 140 Å². The molecule has 0 saturated carbocycles. The monoisotopic (exact) mass is 332 g/mol. The van der Waals surface area contributed by atoms with Gasteiger partial charge >= 0.3 is 6.03 Å². The van der Waals surface area contributed by atoms with E-state index >= 15 is 0 Å². The number of rotatable bonds is 5. The first-order valence-electron chi connectivity index (χ1n) is 8.08. The number of hydrogen-bond donors (Lipinski definition) is 1. The molecule has 0 unspecified atom stereocenters. The Morgan fingerprint density at radius 2 is 2.21 bits per heavy atom. The summed E-state index contributed by atoms with van der Waals surface area (Å²) in [5, 5.41) is 2.93. The number of amides is 2. The molecule has 7 heteroatoms. The van der Waals surface area contributed by atoms with Crippen LogP contribution in [0, 0.1) is 5.82 Å². The lowest BCUT2D eigenvalue weighted by Crippen LogP contribution is -2.47. The number of urea groups is 1. The van der Waals surface area contributed by atoms with Crippen molar-refractivity contribution < 1.29 is 13.9 Å². The van der Waals surface area contributed by atoms with Gasteiger partial charge in [-0.15, -0.1) is 0 Å². The Morgan fingerprint density at radius 1 is 1.38 bits per heavy atom. The lowest BCUT2D eigenvalue weighted by Gasteiger charge is -2.33. The van der Waals surface area contributed by atoms with Crippen LogP contribution in [0.5, 0.6) is 0 Å². The molecule has 0 bridgehead atoms. The lowest BCUT2D eigenvalue weighted by molar-refractivity contribution is -0.0154. The highest BCUT2D eigenvalue weighted by Gasteiger charge is 2.25. The third kappa shape index (κ3) is 4.32. The van der Waals surface area contributed by atoms with E-state index in [1.54, 1.807) is 29.6 Å². The zero-order valence-corrected chi connectivity index (χ0v) is 13.4. The summed E-state index contributed by atoms with van der Waals surface area (Å²) in [6.07, 6.45) is 6.03. The van der Waals surface area contributed by atoms with E-state index in [1.165, 1.54) is 12.1 Å². The first-order chi connectivity index (χ1) is 11.7. The van der Waals surface area contributed by atoms with Crippen LogP contribution in [0.15, 0.2) is 43.0 Å². The molecule has 24 heavy (non-hydrogen) atoms. The molecule has 6 nitrogen and oxygen atoms in total. The van der Waals surface area contributed by atoms with Crippen molar-refractivity contribution in [2.24, 2.45) is 0 Å². The van der Waals surface area contributed by atoms with Crippen molar-refractivity contribution in [1.29, 1.82) is 0 Å². The van der Waals surface area contributed by atoms with Crippen LogP contribution in [0.2, 0.25) is 0 Å². The Hall–Kier alpha value is -2.41. The maximum Gasteiger partial charge on any atom is 0.317 e. The van der Waals surface area contributed by atoms with Gasteiger partial charge in [0.15, 0.2) is 0 Å². The smallest absolute Gasteiger partial charge is 0.317 e. The molecule has 1 aliphatic rings. The average molecular weight is 332 g/mol. The molecule has 1 aromatic heterocycles. The molecule has 0 spiro atoms. The highest BCUT2D eigenvalue weighted by atomic mass is 19.1. The van der Waals surface area contributed by atoms with Gasteiger partial charge in [-0.3, -0.25) is 0 Å². The number of imidazole rings is 1. The second-order valence-corrected chi connectivity index (χ2v) is 5.74. The maximum atomic E-state index is 13.0. The molecular weight excluding hydrogens is 311 g/mol. The lowest BCUT2D eigenvalue weighted by atomic mass is 10.1. The van der Waals surface area contributed by atoms with Crippen LogP contribution >= 0.6 is 0 Å². The van der Waals surface area contributed by atoms with E-state index in [2.05, 4.69) is 10.3 Å². The molecule has 1 fully saturated rings. The van der Waals surface area contributed by atoms with Crippen molar-refractivity contribution >= 4 is 6.03 Å². The maximum absolute atomic E-state index is 13.0. The largest absolute Gasteiger partial charge is 0.370 e. The van der Waals surface area contributed by atoms with Gasteiger partial charge < -0.3 is 19.5 Å². The molecule has 1 atom stereocenters. The molecule has 2 heterocycles. The number of ether oxygens (including phenoxy) is 1. The molecule has 1 N–H and O–H groups in total. The number of aromatic nitrogens is 2. The van der Waals surface area contributed by atoms with Crippen LogP contribution in [0.25, 0.3) is 0 Å². The van der Waals surface area contributed by atoms with E-state index in [9.17, 15) is 9.18 Å². The Kier molecular flexibility index (Phi) is 5.43. The number of halogens is 1. The summed E-state index contributed by atoms with van der Waals surface area (Å²) in [5.74, 6) is -0.276. The van der Waals surface area contributed by atoms with Crippen molar-refractivity contribution in [2.75, 3.05) is 26.2 Å². The second-order valence-electron chi connectivity index (χ2n) is 5.74. The predicted octanol–water partition coefficient (Wildman–Crippen LogP) is 2.20. The standard InChI is InChI=1S/C17H21FN4O2/c18-15-4-2-14(3-5-15)16-12-22(10-11-24-16)17(23)20-6-1-8-21-9-7-19-13-21/h2-5,7,9,13,16H,1,6,8,10-12H2,(H,20,23)/t16-/m0/s1. The van der Waals surface area contributed by atoms with E-state index in [1.807, 2.05) is 10.8 Å². The summed E-state index contributed by atoms with van der Waals surface area (Å²) in [5.41, 5.74) is 0.883. The molecule has 2 aromatic rings. The summed E-state index contributed by atoms with van der Waals surface area (Å²) >= 11 is 0. The minimum atomic E-state index is -0.276. The fourth-order valence-corrected chi connectivity index (χ4v) is 2.70. The number of aryl methyl sites for hydroxylation is 1. The van der Waals surface area contributed by atoms with Crippen LogP contribution in [0.3, 0.4) is 0 Å². The van der Waals surface area contributed by atoms with Gasteiger partial charge in [0.1, 0.15) is 11.9 Å². The van der Waals surface area contributed by atoms with Gasteiger partial charge in [-0.25, -0.2) is 14.2 Å². The summed E-state index contributed by atoms with van der Waals surface area (Å²) in [6, 6.07) is 6.14. The number of benzene rings is 1. The normalized spacial score (nSPS) is 17.7. The van der Waals surface area contributed by atoms with Crippen LogP contribution < -0.4 is 5.32 Å².